The molecule has 0 heterocycles. The zero-order chi connectivity index (χ0) is 9.40. The van der Waals surface area contributed by atoms with Crippen molar-refractivity contribution < 1.29 is 9.84 Å². The van der Waals surface area contributed by atoms with Gasteiger partial charge in [0, 0.05) is 12.1 Å². The average molecular weight is 171 g/mol. The molecule has 0 spiro atoms. The first-order chi connectivity index (χ1) is 5.76. The quantitative estimate of drug-likeness (QED) is 0.472. The van der Waals surface area contributed by atoms with Gasteiger partial charge in [0.15, 0.2) is 0 Å². The highest BCUT2D eigenvalue weighted by atomic mass is 16.6. The van der Waals surface area contributed by atoms with Crippen molar-refractivity contribution in [2.24, 2.45) is 5.73 Å². The van der Waals surface area contributed by atoms with Crippen LogP contribution in [0, 0.1) is 0 Å². The van der Waals surface area contributed by atoms with E-state index in [0.717, 1.165) is 6.42 Å². The van der Waals surface area contributed by atoms with Gasteiger partial charge >= 0.3 is 0 Å². The predicted molar refractivity (Wildman–Crippen MR) is 49.8 cm³/mol. The van der Waals surface area contributed by atoms with Crippen molar-refractivity contribution in [3.8, 4) is 0 Å². The third-order valence-corrected chi connectivity index (χ3v) is 1.38. The van der Waals surface area contributed by atoms with E-state index in [4.69, 9.17) is 10.5 Å². The summed E-state index contributed by atoms with van der Waals surface area (Å²) in [6.45, 7) is 6.36. The monoisotopic (exact) mass is 171 g/mol. The van der Waals surface area contributed by atoms with Crippen LogP contribution in [-0.4, -0.2) is 18.3 Å². The van der Waals surface area contributed by atoms with Gasteiger partial charge in [0.05, 0.1) is 6.61 Å². The molecule has 0 aliphatic rings. The Bertz CT molecular complexity index is 164. The number of ether oxygens (including phenoxy) is 1. The predicted octanol–water partition coefficient (Wildman–Crippen LogP) is 1.72. The van der Waals surface area contributed by atoms with E-state index in [-0.39, 0.29) is 5.95 Å². The summed E-state index contributed by atoms with van der Waals surface area (Å²) < 4.78 is 5.00. The minimum atomic E-state index is -0.0424. The van der Waals surface area contributed by atoms with Gasteiger partial charge in [0.2, 0.25) is 0 Å². The van der Waals surface area contributed by atoms with Crippen LogP contribution in [0.5, 0.6) is 0 Å². The number of hydrogen-bond acceptors (Lipinski definition) is 3. The zero-order valence-corrected chi connectivity index (χ0v) is 7.55. The van der Waals surface area contributed by atoms with E-state index in [1.165, 1.54) is 0 Å². The molecular formula is C9H17NO2. The number of allylic oxidation sites excluding steroid dienone is 1. The maximum absolute atomic E-state index is 9.30. The second-order valence-corrected chi connectivity index (χ2v) is 2.45. The number of nitrogens with two attached hydrogens (primary N) is 1. The topological polar surface area (TPSA) is 55.5 Å². The van der Waals surface area contributed by atoms with Crippen molar-refractivity contribution in [2.45, 2.75) is 19.8 Å². The first-order valence-corrected chi connectivity index (χ1v) is 4.11. The lowest BCUT2D eigenvalue weighted by atomic mass is 10.2. The van der Waals surface area contributed by atoms with E-state index in [2.05, 4.69) is 6.58 Å². The minimum Gasteiger partial charge on any atom is -0.481 e. The van der Waals surface area contributed by atoms with Gasteiger partial charge in [0.25, 0.3) is 5.95 Å². The summed E-state index contributed by atoms with van der Waals surface area (Å²) in [6, 6.07) is 0. The molecule has 0 aromatic carbocycles. The summed E-state index contributed by atoms with van der Waals surface area (Å²) in [4.78, 5) is 0. The van der Waals surface area contributed by atoms with Crippen LogP contribution in [0.15, 0.2) is 24.2 Å². The van der Waals surface area contributed by atoms with Crippen LogP contribution >= 0.6 is 0 Å². The van der Waals surface area contributed by atoms with Crippen molar-refractivity contribution in [2.75, 3.05) is 13.2 Å². The van der Waals surface area contributed by atoms with Crippen molar-refractivity contribution in [1.29, 1.82) is 0 Å². The number of hydrogen-bond donors (Lipinski definition) is 2. The highest BCUT2D eigenvalue weighted by molar-refractivity contribution is 5.08. The van der Waals surface area contributed by atoms with Gasteiger partial charge in [-0.25, -0.2) is 0 Å². The van der Waals surface area contributed by atoms with Crippen LogP contribution in [0.3, 0.4) is 0 Å². The minimum absolute atomic E-state index is 0.0424. The van der Waals surface area contributed by atoms with Gasteiger partial charge < -0.3 is 15.6 Å². The number of aliphatic hydroxyl groups excluding tert-OH is 1. The van der Waals surface area contributed by atoms with Gasteiger partial charge in [-0.05, 0) is 12.8 Å². The van der Waals surface area contributed by atoms with E-state index in [0.29, 0.717) is 25.1 Å². The Morgan fingerprint density at radius 3 is 2.75 bits per heavy atom. The lowest BCUT2D eigenvalue weighted by Gasteiger charge is -2.07. The van der Waals surface area contributed by atoms with Crippen LogP contribution in [0.2, 0.25) is 0 Å². The number of rotatable bonds is 6. The fourth-order valence-electron chi connectivity index (χ4n) is 0.733. The van der Waals surface area contributed by atoms with Gasteiger partial charge in [-0.2, -0.15) is 0 Å². The normalized spacial score (nSPS) is 12.2. The first-order valence-electron chi connectivity index (χ1n) is 4.11. The molecule has 3 nitrogen and oxygen atoms in total. The molecule has 0 atom stereocenters. The fourth-order valence-corrected chi connectivity index (χ4v) is 0.733. The smallest absolute Gasteiger partial charge is 0.277 e. The Kier molecular flexibility index (Phi) is 6.19. The SMILES string of the molecule is C=CCC(CN)=C(O)OCCC. The van der Waals surface area contributed by atoms with Crippen molar-refractivity contribution in [3.63, 3.8) is 0 Å². The lowest BCUT2D eigenvalue weighted by Crippen LogP contribution is -2.08. The molecule has 3 N–H and O–H groups in total. The second kappa shape index (κ2) is 6.73. The Hall–Kier alpha value is -0.960. The largest absolute Gasteiger partial charge is 0.481 e. The molecular weight excluding hydrogens is 154 g/mol. The standard InChI is InChI=1S/C9H17NO2/c1-3-5-8(7-10)9(11)12-6-4-2/h3,11H,1,4-7,10H2,2H3. The molecule has 0 aliphatic heterocycles. The summed E-state index contributed by atoms with van der Waals surface area (Å²) >= 11 is 0. The van der Waals surface area contributed by atoms with Crippen molar-refractivity contribution >= 4 is 0 Å². The molecule has 70 valence electrons. The Morgan fingerprint density at radius 1 is 1.67 bits per heavy atom. The zero-order valence-electron chi connectivity index (χ0n) is 7.55. The number of aliphatic hydroxyl groups is 1. The highest BCUT2D eigenvalue weighted by Gasteiger charge is 2.02. The van der Waals surface area contributed by atoms with Gasteiger partial charge in [-0.3, -0.25) is 0 Å². The van der Waals surface area contributed by atoms with Gasteiger partial charge in [-0.1, -0.05) is 13.0 Å². The third kappa shape index (κ3) is 4.03. The summed E-state index contributed by atoms with van der Waals surface area (Å²) in [5.41, 5.74) is 6.08. The maximum Gasteiger partial charge on any atom is 0.277 e. The Morgan fingerprint density at radius 2 is 2.33 bits per heavy atom. The molecule has 0 aromatic heterocycles. The molecule has 0 radical (unpaired) electrons. The maximum atomic E-state index is 9.30. The van der Waals surface area contributed by atoms with E-state index < -0.39 is 0 Å². The van der Waals surface area contributed by atoms with E-state index >= 15 is 0 Å². The lowest BCUT2D eigenvalue weighted by molar-refractivity contribution is 0.0885. The molecule has 12 heavy (non-hydrogen) atoms. The summed E-state index contributed by atoms with van der Waals surface area (Å²) in [5, 5.41) is 9.30. The summed E-state index contributed by atoms with van der Waals surface area (Å²) in [5.74, 6) is -0.0424. The molecule has 0 aromatic rings. The van der Waals surface area contributed by atoms with Crippen LogP contribution < -0.4 is 5.73 Å². The summed E-state index contributed by atoms with van der Waals surface area (Å²) in [6.07, 6.45) is 3.13. The molecule has 0 amide bonds. The average Bonchev–Trinajstić information content (AvgIpc) is 2.10. The molecule has 0 saturated heterocycles. The summed E-state index contributed by atoms with van der Waals surface area (Å²) in [7, 11) is 0. The molecule has 0 fully saturated rings. The highest BCUT2D eigenvalue weighted by Crippen LogP contribution is 2.07. The molecule has 0 saturated carbocycles. The molecule has 0 aliphatic carbocycles. The Balaban J connectivity index is 4.06. The first kappa shape index (κ1) is 11.0. The third-order valence-electron chi connectivity index (χ3n) is 1.38. The van der Waals surface area contributed by atoms with Crippen LogP contribution in [0.25, 0.3) is 0 Å². The van der Waals surface area contributed by atoms with Crippen LogP contribution in [0.1, 0.15) is 19.8 Å². The molecule has 3 heteroatoms. The van der Waals surface area contributed by atoms with Crippen LogP contribution in [-0.2, 0) is 4.74 Å². The fraction of sp³-hybridized carbons (Fsp3) is 0.556. The van der Waals surface area contributed by atoms with Crippen LogP contribution in [0.4, 0.5) is 0 Å². The Labute approximate surface area is 73.5 Å². The molecule has 0 rings (SSSR count). The van der Waals surface area contributed by atoms with E-state index in [9.17, 15) is 5.11 Å². The van der Waals surface area contributed by atoms with Crippen molar-refractivity contribution in [3.05, 3.63) is 24.2 Å². The van der Waals surface area contributed by atoms with Crippen molar-refractivity contribution in [1.82, 2.24) is 0 Å². The van der Waals surface area contributed by atoms with E-state index in [1.54, 1.807) is 6.08 Å². The molecule has 0 bridgehead atoms. The second-order valence-electron chi connectivity index (χ2n) is 2.45. The van der Waals surface area contributed by atoms with Gasteiger partial charge in [0.1, 0.15) is 0 Å². The molecule has 0 unspecified atom stereocenters. The van der Waals surface area contributed by atoms with E-state index in [1.807, 2.05) is 6.92 Å². The van der Waals surface area contributed by atoms with Gasteiger partial charge in [-0.15, -0.1) is 6.58 Å².